The van der Waals surface area contributed by atoms with Crippen LogP contribution in [-0.4, -0.2) is 82.3 Å². The summed E-state index contributed by atoms with van der Waals surface area (Å²) in [5, 5.41) is 12.0. The summed E-state index contributed by atoms with van der Waals surface area (Å²) in [5.74, 6) is 0.801. The topological polar surface area (TPSA) is 127 Å². The summed E-state index contributed by atoms with van der Waals surface area (Å²) >= 11 is 0. The van der Waals surface area contributed by atoms with Crippen molar-refractivity contribution < 1.29 is 32.6 Å². The van der Waals surface area contributed by atoms with Crippen LogP contribution in [0.3, 0.4) is 0 Å². The number of ether oxygens (including phenoxy) is 2. The van der Waals surface area contributed by atoms with Crippen molar-refractivity contribution in [1.82, 2.24) is 29.8 Å². The fourth-order valence-corrected chi connectivity index (χ4v) is 7.87. The minimum Gasteiger partial charge on any atom is -0.494 e. The number of hydrogen-bond donors (Lipinski definition) is 1. The van der Waals surface area contributed by atoms with E-state index in [9.17, 15) is 23.2 Å². The van der Waals surface area contributed by atoms with Gasteiger partial charge in [0.15, 0.2) is 5.82 Å². The Morgan fingerprint density at radius 3 is 2.60 bits per heavy atom. The maximum absolute atomic E-state index is 15.0. The number of carbonyl (C=O) groups is 3. The van der Waals surface area contributed by atoms with Gasteiger partial charge in [-0.3, -0.25) is 24.5 Å². The van der Waals surface area contributed by atoms with Crippen LogP contribution in [0.25, 0.3) is 16.8 Å². The van der Waals surface area contributed by atoms with Crippen molar-refractivity contribution in [2.45, 2.75) is 64.5 Å². The van der Waals surface area contributed by atoms with Gasteiger partial charge in [-0.25, -0.2) is 18.3 Å². The molecule has 0 saturated carbocycles. The maximum atomic E-state index is 15.0. The second-order valence-electron chi connectivity index (χ2n) is 13.6. The Balaban J connectivity index is 1.14. The van der Waals surface area contributed by atoms with Crippen molar-refractivity contribution in [3.05, 3.63) is 65.1 Å². The molecule has 6 heterocycles. The van der Waals surface area contributed by atoms with Crippen LogP contribution in [0.4, 0.5) is 30.8 Å². The number of rotatable bonds is 7. The average molecular weight is 715 g/mol. The quantitative estimate of drug-likeness (QED) is 0.267. The predicted molar refractivity (Wildman–Crippen MR) is 187 cm³/mol. The number of halogens is 2. The lowest BCUT2D eigenvalue weighted by atomic mass is 9.92. The molecule has 52 heavy (non-hydrogen) atoms. The molecule has 4 aromatic rings. The van der Waals surface area contributed by atoms with E-state index >= 15 is 0 Å². The van der Waals surface area contributed by atoms with Gasteiger partial charge in [-0.05, 0) is 61.1 Å². The van der Waals surface area contributed by atoms with Crippen LogP contribution in [0.5, 0.6) is 5.75 Å². The van der Waals surface area contributed by atoms with Crippen LogP contribution in [0, 0.1) is 0 Å². The Morgan fingerprint density at radius 1 is 1.02 bits per heavy atom. The third kappa shape index (κ3) is 6.06. The Hall–Kier alpha value is -5.31. The number of aryl methyl sites for hydroxylation is 1. The number of imide groups is 1. The second kappa shape index (κ2) is 13.7. The van der Waals surface area contributed by atoms with E-state index in [-0.39, 0.29) is 36.4 Å². The highest BCUT2D eigenvalue weighted by Gasteiger charge is 2.34. The molecule has 0 radical (unpaired) electrons. The first kappa shape index (κ1) is 33.8. The van der Waals surface area contributed by atoms with Gasteiger partial charge in [0.2, 0.25) is 11.8 Å². The zero-order chi connectivity index (χ0) is 36.1. The zero-order valence-electron chi connectivity index (χ0n) is 29.1. The van der Waals surface area contributed by atoms with E-state index in [1.165, 1.54) is 12.0 Å². The summed E-state index contributed by atoms with van der Waals surface area (Å²) < 4.78 is 44.9. The van der Waals surface area contributed by atoms with E-state index in [2.05, 4.69) is 20.0 Å². The highest BCUT2D eigenvalue weighted by molar-refractivity contribution is 6.06. The van der Waals surface area contributed by atoms with Gasteiger partial charge in [-0.15, -0.1) is 0 Å². The van der Waals surface area contributed by atoms with E-state index in [1.807, 2.05) is 11.0 Å². The van der Waals surface area contributed by atoms with E-state index in [4.69, 9.17) is 14.6 Å². The van der Waals surface area contributed by atoms with Crippen LogP contribution in [0.1, 0.15) is 67.5 Å². The highest BCUT2D eigenvalue weighted by atomic mass is 19.3. The van der Waals surface area contributed by atoms with Gasteiger partial charge < -0.3 is 19.3 Å². The molecular formula is C37H40F2N8O5. The average Bonchev–Trinajstić information content (AvgIpc) is 3.80. The normalized spacial score (nSPS) is 18.1. The summed E-state index contributed by atoms with van der Waals surface area (Å²) in [6.07, 6.45) is 4.61. The molecule has 0 bridgehead atoms. The molecule has 272 valence electrons. The zero-order valence-corrected chi connectivity index (χ0v) is 29.1. The van der Waals surface area contributed by atoms with Gasteiger partial charge >= 0.3 is 6.03 Å². The van der Waals surface area contributed by atoms with Gasteiger partial charge in [-0.2, -0.15) is 10.2 Å². The SMILES string of the molecule is COc1cc(-n2cc(-c3cc4c(cc3C(F)F)N(c3nn(C5CCOCC5)c5c3CN(C(C)=O)CC5)CCC4)cn2)ccc1N1CCC(=O)NC1=O. The molecule has 2 fully saturated rings. The first-order chi connectivity index (χ1) is 25.2. The number of anilines is 3. The van der Waals surface area contributed by atoms with Gasteiger partial charge in [0.05, 0.1) is 37.3 Å². The number of nitrogens with zero attached hydrogens (tertiary/aromatic N) is 7. The number of urea groups is 1. The van der Waals surface area contributed by atoms with Crippen LogP contribution >= 0.6 is 0 Å². The molecular weight excluding hydrogens is 674 g/mol. The summed E-state index contributed by atoms with van der Waals surface area (Å²) in [4.78, 5) is 41.9. The van der Waals surface area contributed by atoms with Crippen molar-refractivity contribution in [3.8, 4) is 22.6 Å². The smallest absolute Gasteiger partial charge is 0.328 e. The minimum atomic E-state index is -2.75. The van der Waals surface area contributed by atoms with E-state index in [1.54, 1.807) is 48.3 Å². The molecule has 4 aliphatic heterocycles. The lowest BCUT2D eigenvalue weighted by molar-refractivity contribution is -0.129. The molecule has 0 aliphatic carbocycles. The van der Waals surface area contributed by atoms with Crippen LogP contribution in [-0.2, 0) is 33.7 Å². The Kier molecular flexibility index (Phi) is 8.89. The molecule has 2 saturated heterocycles. The lowest BCUT2D eigenvalue weighted by Crippen LogP contribution is -2.49. The molecule has 1 N–H and O–H groups in total. The van der Waals surface area contributed by atoms with Crippen molar-refractivity contribution in [3.63, 3.8) is 0 Å². The Bertz CT molecular complexity index is 2050. The summed E-state index contributed by atoms with van der Waals surface area (Å²) in [5.41, 5.74) is 5.68. The molecule has 15 heteroatoms. The molecule has 0 unspecified atom stereocenters. The van der Waals surface area contributed by atoms with Gasteiger partial charge in [0.1, 0.15) is 5.75 Å². The molecule has 2 aromatic heterocycles. The largest absolute Gasteiger partial charge is 0.494 e. The van der Waals surface area contributed by atoms with Crippen molar-refractivity contribution in [1.29, 1.82) is 0 Å². The minimum absolute atomic E-state index is 0.00103. The number of nitrogens with one attached hydrogen (secondary N) is 1. The first-order valence-electron chi connectivity index (χ1n) is 17.7. The summed E-state index contributed by atoms with van der Waals surface area (Å²) in [7, 11) is 1.49. The first-order valence-corrected chi connectivity index (χ1v) is 17.7. The Morgan fingerprint density at radius 2 is 1.85 bits per heavy atom. The van der Waals surface area contributed by atoms with E-state index in [0.29, 0.717) is 79.6 Å². The third-order valence-corrected chi connectivity index (χ3v) is 10.6. The molecule has 2 aromatic carbocycles. The number of carbonyl (C=O) groups excluding carboxylic acids is 3. The standard InChI is InChI=1S/C37H40F2N8O5/c1-22(48)43-12-7-30-29(21-43)36(42-47(30)25-9-14-52-15-10-25)44-11-3-4-23-16-27(28(35(38)39)18-32(23)44)24-19-40-46(20-24)26-5-6-31(33(17-26)51-2)45-13-8-34(49)41-37(45)50/h5-6,16-20,25,35H,3-4,7-15,21H2,1-2H3,(H,41,49,50). The Labute approximate surface area is 299 Å². The van der Waals surface area contributed by atoms with Crippen molar-refractivity contribution in [2.75, 3.05) is 49.8 Å². The summed E-state index contributed by atoms with van der Waals surface area (Å²) in [6, 6.07) is 8.29. The number of aromatic nitrogens is 4. The van der Waals surface area contributed by atoms with Crippen LogP contribution < -0.4 is 19.9 Å². The molecule has 0 atom stereocenters. The lowest BCUT2D eigenvalue weighted by Gasteiger charge is -2.33. The van der Waals surface area contributed by atoms with E-state index < -0.39 is 12.5 Å². The third-order valence-electron chi connectivity index (χ3n) is 10.6. The number of alkyl halides is 2. The fraction of sp³-hybridized carbons (Fsp3) is 0.432. The molecule has 4 aliphatic rings. The van der Waals surface area contributed by atoms with Gasteiger partial charge in [-0.1, -0.05) is 0 Å². The molecule has 13 nitrogen and oxygen atoms in total. The van der Waals surface area contributed by atoms with Crippen LogP contribution in [0.2, 0.25) is 0 Å². The number of benzene rings is 2. The predicted octanol–water partition coefficient (Wildman–Crippen LogP) is 5.47. The van der Waals surface area contributed by atoms with Crippen LogP contribution in [0.15, 0.2) is 42.7 Å². The monoisotopic (exact) mass is 714 g/mol. The summed E-state index contributed by atoms with van der Waals surface area (Å²) in [6.45, 7) is 4.80. The van der Waals surface area contributed by atoms with Crippen molar-refractivity contribution in [2.24, 2.45) is 0 Å². The fourth-order valence-electron chi connectivity index (χ4n) is 7.87. The number of methoxy groups -OCH3 is 1. The molecule has 0 spiro atoms. The molecule has 4 amide bonds. The number of amides is 4. The maximum Gasteiger partial charge on any atom is 0.328 e. The highest BCUT2D eigenvalue weighted by Crippen LogP contribution is 2.44. The van der Waals surface area contributed by atoms with Gasteiger partial charge in [0.25, 0.3) is 6.43 Å². The number of fused-ring (bicyclic) bond motifs is 2. The van der Waals surface area contributed by atoms with Gasteiger partial charge in [0, 0.05) is 92.9 Å². The second-order valence-corrected chi connectivity index (χ2v) is 13.6. The molecule has 8 rings (SSSR count). The van der Waals surface area contributed by atoms with Crippen molar-refractivity contribution >= 4 is 35.0 Å². The number of hydrogen-bond acceptors (Lipinski definition) is 8. The van der Waals surface area contributed by atoms with E-state index in [0.717, 1.165) is 41.9 Å².